The third kappa shape index (κ3) is 2.52. The maximum Gasteiger partial charge on any atom is 1.00 e. The third-order valence-electron chi connectivity index (χ3n) is 2.26. The van der Waals surface area contributed by atoms with Crippen molar-refractivity contribution in [2.45, 2.75) is 25.7 Å². The molecule has 0 aliphatic heterocycles. The van der Waals surface area contributed by atoms with Gasteiger partial charge in [-0.25, -0.2) is 0 Å². The predicted octanol–water partition coefficient (Wildman–Crippen LogP) is -2.36. The van der Waals surface area contributed by atoms with Crippen molar-refractivity contribution < 1.29 is 58.2 Å². The van der Waals surface area contributed by atoms with E-state index >= 15 is 0 Å². The van der Waals surface area contributed by atoms with Crippen molar-refractivity contribution in [3.63, 3.8) is 0 Å². The average Bonchev–Trinajstić information content (AvgIpc) is 2.07. The molecular formula is C9H11N2ORb. The Kier molecular flexibility index (Phi) is 4.36. The Morgan fingerprint density at radius 1 is 1.31 bits per heavy atom. The molecule has 1 aromatic rings. The molecule has 0 spiro atoms. The van der Waals surface area contributed by atoms with Crippen molar-refractivity contribution >= 4 is 5.69 Å². The number of nitrogens with two attached hydrogens (primary N) is 1. The molecule has 2 rings (SSSR count). The van der Waals surface area contributed by atoms with Crippen LogP contribution in [0.1, 0.15) is 24.1 Å². The van der Waals surface area contributed by atoms with E-state index < -0.39 is 0 Å². The first-order valence-corrected chi connectivity index (χ1v) is 4.20. The van der Waals surface area contributed by atoms with Crippen molar-refractivity contribution in [2.24, 2.45) is 0 Å². The van der Waals surface area contributed by atoms with E-state index in [-0.39, 0.29) is 69.4 Å². The number of hydrogen-bond acceptors (Lipinski definition) is 2. The van der Waals surface area contributed by atoms with Gasteiger partial charge in [-0.3, -0.25) is 0 Å². The smallest absolute Gasteiger partial charge is 0.430 e. The molecule has 0 amide bonds. The number of anilines is 1. The van der Waals surface area contributed by atoms with Gasteiger partial charge < -0.3 is 15.5 Å². The van der Waals surface area contributed by atoms with Crippen LogP contribution < -0.4 is 69.5 Å². The van der Waals surface area contributed by atoms with E-state index in [0.29, 0.717) is 0 Å². The standard InChI is InChI=1S/C9H11N2O.Rb/c10-7-5-6-3-1-2-4-8(6)11-9(7)12;/h1-4,10H2,(H,11,12);/q-1;+1. The molecule has 1 heterocycles. The summed E-state index contributed by atoms with van der Waals surface area (Å²) in [5, 5.41) is 0. The summed E-state index contributed by atoms with van der Waals surface area (Å²) < 4.78 is 0. The number of H-pyrrole nitrogens is 1. The molecular weight excluding hydrogens is 238 g/mol. The Bertz CT molecular complexity index is 359. The zero-order valence-electron chi connectivity index (χ0n) is 7.81. The van der Waals surface area contributed by atoms with Crippen LogP contribution in [0.15, 0.2) is 4.79 Å². The Morgan fingerprint density at radius 3 is 2.77 bits per heavy atom. The zero-order chi connectivity index (χ0) is 8.55. The van der Waals surface area contributed by atoms with Gasteiger partial charge in [0.1, 0.15) is 0 Å². The van der Waals surface area contributed by atoms with Gasteiger partial charge in [-0.2, -0.15) is 0 Å². The molecule has 13 heavy (non-hydrogen) atoms. The average molecular weight is 249 g/mol. The molecule has 64 valence electrons. The van der Waals surface area contributed by atoms with E-state index in [1.807, 2.05) is 0 Å². The minimum absolute atomic E-state index is 0. The number of pyridine rings is 1. The number of nitrogens with one attached hydrogen (secondary N) is 1. The molecule has 4 heteroatoms. The van der Waals surface area contributed by atoms with Gasteiger partial charge >= 0.3 is 58.2 Å². The van der Waals surface area contributed by atoms with Crippen LogP contribution in [0, 0.1) is 6.07 Å². The number of hydrogen-bond donors (Lipinski definition) is 2. The molecule has 0 bridgehead atoms. The second-order valence-electron chi connectivity index (χ2n) is 3.16. The summed E-state index contributed by atoms with van der Waals surface area (Å²) in [5.74, 6) is 0. The van der Waals surface area contributed by atoms with Gasteiger partial charge in [0.15, 0.2) is 5.56 Å². The van der Waals surface area contributed by atoms with E-state index in [9.17, 15) is 4.79 Å². The molecule has 0 atom stereocenters. The van der Waals surface area contributed by atoms with E-state index in [2.05, 4.69) is 11.1 Å². The van der Waals surface area contributed by atoms with Crippen molar-refractivity contribution in [3.8, 4) is 0 Å². The van der Waals surface area contributed by atoms with Crippen LogP contribution in [0.4, 0.5) is 5.69 Å². The fourth-order valence-corrected chi connectivity index (χ4v) is 1.60. The van der Waals surface area contributed by atoms with Crippen molar-refractivity contribution in [1.82, 2.24) is 4.98 Å². The first-order chi connectivity index (χ1) is 5.77. The second-order valence-corrected chi connectivity index (χ2v) is 3.16. The molecule has 1 aromatic heterocycles. The summed E-state index contributed by atoms with van der Waals surface area (Å²) in [6, 6.07) is 2.93. The minimum Gasteiger partial charge on any atom is -0.430 e. The minimum atomic E-state index is -0.198. The van der Waals surface area contributed by atoms with Crippen LogP contribution >= 0.6 is 0 Å². The van der Waals surface area contributed by atoms with Crippen LogP contribution in [0.2, 0.25) is 0 Å². The number of aryl methyl sites for hydroxylation is 2. The summed E-state index contributed by atoms with van der Waals surface area (Å²) in [7, 11) is 0. The van der Waals surface area contributed by atoms with Gasteiger partial charge in [0.05, 0.1) is 0 Å². The van der Waals surface area contributed by atoms with Crippen LogP contribution in [0.25, 0.3) is 0 Å². The summed E-state index contributed by atoms with van der Waals surface area (Å²) in [6.45, 7) is 0. The maximum absolute atomic E-state index is 11.1. The third-order valence-corrected chi connectivity index (χ3v) is 2.26. The first kappa shape index (κ1) is 11.6. The molecule has 3 N–H and O–H groups in total. The normalized spacial score (nSPS) is 14.5. The van der Waals surface area contributed by atoms with Crippen LogP contribution in [0.3, 0.4) is 0 Å². The molecule has 0 aromatic carbocycles. The van der Waals surface area contributed by atoms with E-state index in [1.165, 1.54) is 6.42 Å². The van der Waals surface area contributed by atoms with Crippen LogP contribution in [0.5, 0.6) is 0 Å². The van der Waals surface area contributed by atoms with Gasteiger partial charge in [0.2, 0.25) is 0 Å². The summed E-state index contributed by atoms with van der Waals surface area (Å²) in [4.78, 5) is 13.9. The molecule has 3 nitrogen and oxygen atoms in total. The zero-order valence-corrected chi connectivity index (χ0v) is 12.7. The SMILES string of the molecule is Nc1[c-]c2c([nH]c1=O)CCCC2.[Rb+]. The number of nitrogen functional groups attached to an aromatic ring is 1. The van der Waals surface area contributed by atoms with Crippen LogP contribution in [-0.2, 0) is 12.8 Å². The Labute approximate surface area is 126 Å². The number of aromatic amines is 1. The topological polar surface area (TPSA) is 58.9 Å². The van der Waals surface area contributed by atoms with E-state index in [4.69, 9.17) is 5.73 Å². The molecule has 0 radical (unpaired) electrons. The predicted molar refractivity (Wildman–Crippen MR) is 47.0 cm³/mol. The number of aromatic nitrogens is 1. The second kappa shape index (κ2) is 4.87. The molecule has 1 aliphatic carbocycles. The summed E-state index contributed by atoms with van der Waals surface area (Å²) in [6.07, 6.45) is 4.29. The Balaban J connectivity index is 0.000000845. The maximum atomic E-state index is 11.1. The summed E-state index contributed by atoms with van der Waals surface area (Å²) >= 11 is 0. The Morgan fingerprint density at radius 2 is 2.00 bits per heavy atom. The molecule has 0 unspecified atom stereocenters. The molecule has 0 fully saturated rings. The van der Waals surface area contributed by atoms with Gasteiger partial charge in [0, 0.05) is 0 Å². The molecule has 0 saturated carbocycles. The first-order valence-electron chi connectivity index (χ1n) is 4.20. The van der Waals surface area contributed by atoms with Gasteiger partial charge in [0.25, 0.3) is 0 Å². The summed E-state index contributed by atoms with van der Waals surface area (Å²) in [5.41, 5.74) is 7.59. The molecule has 1 aliphatic rings. The van der Waals surface area contributed by atoms with E-state index in [0.717, 1.165) is 30.5 Å². The fourth-order valence-electron chi connectivity index (χ4n) is 1.60. The van der Waals surface area contributed by atoms with Gasteiger partial charge in [-0.1, -0.05) is 25.0 Å². The van der Waals surface area contributed by atoms with Crippen molar-refractivity contribution in [2.75, 3.05) is 5.73 Å². The van der Waals surface area contributed by atoms with Gasteiger partial charge in [-0.15, -0.1) is 11.6 Å². The van der Waals surface area contributed by atoms with E-state index in [1.54, 1.807) is 0 Å². The van der Waals surface area contributed by atoms with Gasteiger partial charge in [-0.05, 0) is 12.1 Å². The molecule has 0 saturated heterocycles. The fraction of sp³-hybridized carbons (Fsp3) is 0.444. The number of rotatable bonds is 0. The van der Waals surface area contributed by atoms with Crippen molar-refractivity contribution in [3.05, 3.63) is 27.7 Å². The number of fused-ring (bicyclic) bond motifs is 1. The van der Waals surface area contributed by atoms with Crippen molar-refractivity contribution in [1.29, 1.82) is 0 Å². The quantitative estimate of drug-likeness (QED) is 0.505. The largest absolute Gasteiger partial charge is 1.00 e. The Hall–Kier alpha value is 0.555. The van der Waals surface area contributed by atoms with Crippen LogP contribution in [-0.4, -0.2) is 4.98 Å². The monoisotopic (exact) mass is 248 g/mol.